The number of hydrogen-bond donors (Lipinski definition) is 1. The molecule has 1 N–H and O–H groups in total. The smallest absolute Gasteiger partial charge is 0.266 e. The van der Waals surface area contributed by atoms with Crippen molar-refractivity contribution in [3.05, 3.63) is 77.9 Å². The van der Waals surface area contributed by atoms with Gasteiger partial charge in [0.2, 0.25) is 0 Å². The minimum Gasteiger partial charge on any atom is -0.493 e. The molecular formula is C20H15ClN2O3S. The molecule has 7 heteroatoms. The van der Waals surface area contributed by atoms with Crippen molar-refractivity contribution in [1.29, 1.82) is 0 Å². The van der Waals surface area contributed by atoms with Crippen LogP contribution >= 0.6 is 22.9 Å². The quantitative estimate of drug-likeness (QED) is 0.687. The summed E-state index contributed by atoms with van der Waals surface area (Å²) in [5.41, 5.74) is 2.20. The minimum atomic E-state index is -0.280. The largest absolute Gasteiger partial charge is 0.493 e. The van der Waals surface area contributed by atoms with Crippen molar-refractivity contribution in [2.45, 2.75) is 12.8 Å². The molecule has 2 aromatic heterocycles. The summed E-state index contributed by atoms with van der Waals surface area (Å²) in [6.07, 6.45) is 8.08. The summed E-state index contributed by atoms with van der Waals surface area (Å²) >= 11 is 7.23. The maximum Gasteiger partial charge on any atom is 0.266 e. The van der Waals surface area contributed by atoms with E-state index in [4.69, 9.17) is 16.3 Å². The van der Waals surface area contributed by atoms with E-state index in [2.05, 4.69) is 9.97 Å². The highest BCUT2D eigenvalue weighted by molar-refractivity contribution is 7.07. The van der Waals surface area contributed by atoms with Crippen LogP contribution < -0.4 is 19.5 Å². The van der Waals surface area contributed by atoms with Crippen LogP contribution in [0.3, 0.4) is 0 Å². The number of nitrogens with zero attached hydrogens (tertiary/aromatic N) is 1. The highest BCUT2D eigenvalue weighted by Gasteiger charge is 2.10. The van der Waals surface area contributed by atoms with Crippen LogP contribution in [0.1, 0.15) is 27.9 Å². The van der Waals surface area contributed by atoms with Gasteiger partial charge >= 0.3 is 0 Å². The average molecular weight is 399 g/mol. The third kappa shape index (κ3) is 3.86. The summed E-state index contributed by atoms with van der Waals surface area (Å²) in [7, 11) is 0. The van der Waals surface area contributed by atoms with Crippen molar-refractivity contribution in [2.75, 3.05) is 6.61 Å². The Morgan fingerprint density at radius 2 is 2.22 bits per heavy atom. The number of ether oxygens (including phenoxy) is 1. The first kappa shape index (κ1) is 17.7. The van der Waals surface area contributed by atoms with E-state index in [0.717, 1.165) is 36.3 Å². The third-order valence-corrected chi connectivity index (χ3v) is 5.48. The number of fused-ring (bicyclic) bond motifs is 1. The molecule has 1 aromatic carbocycles. The molecular weight excluding hydrogens is 384 g/mol. The monoisotopic (exact) mass is 398 g/mol. The van der Waals surface area contributed by atoms with Crippen molar-refractivity contribution < 1.29 is 9.53 Å². The fraction of sp³-hybridized carbons (Fsp3) is 0.150. The lowest BCUT2D eigenvalue weighted by Crippen LogP contribution is -2.20. The molecule has 1 aliphatic heterocycles. The van der Waals surface area contributed by atoms with Gasteiger partial charge in [0, 0.05) is 24.0 Å². The van der Waals surface area contributed by atoms with Gasteiger partial charge < -0.3 is 9.72 Å². The molecule has 4 rings (SSSR count). The number of H-pyrrole nitrogens is 1. The number of ketones is 1. The van der Waals surface area contributed by atoms with Gasteiger partial charge in [-0.25, -0.2) is 0 Å². The zero-order chi connectivity index (χ0) is 18.8. The summed E-state index contributed by atoms with van der Waals surface area (Å²) in [5, 5.41) is 0.278. The Bertz CT molecular complexity index is 1200. The predicted molar refractivity (Wildman–Crippen MR) is 106 cm³/mol. The van der Waals surface area contributed by atoms with Gasteiger partial charge in [-0.15, -0.1) is 11.3 Å². The van der Waals surface area contributed by atoms with Crippen molar-refractivity contribution >= 4 is 40.9 Å². The molecule has 1 aliphatic rings. The van der Waals surface area contributed by atoms with Crippen LogP contribution in [0.15, 0.2) is 41.5 Å². The van der Waals surface area contributed by atoms with Crippen molar-refractivity contribution in [1.82, 2.24) is 9.97 Å². The fourth-order valence-corrected chi connectivity index (χ4v) is 4.02. The summed E-state index contributed by atoms with van der Waals surface area (Å²) < 4.78 is 6.63. The molecule has 3 aromatic rings. The Hall–Kier alpha value is -2.70. The summed E-state index contributed by atoms with van der Waals surface area (Å²) in [6.45, 7) is 0.745. The molecule has 0 saturated heterocycles. The number of aromatic nitrogens is 2. The molecule has 136 valence electrons. The highest BCUT2D eigenvalue weighted by Crippen LogP contribution is 2.25. The standard InChI is InChI=1S/C20H15ClN2O3S/c21-15-11-22-6-5-14(15)16(24)10-19-23-20(25)18(27-19)9-12-3-4-17-13(8-12)2-1-7-26-17/h3-6,8-11H,1-2,7H2,(H,23,25)/b18-9-,19-10+. The number of aromatic amines is 1. The zero-order valence-corrected chi connectivity index (χ0v) is 15.8. The van der Waals surface area contributed by atoms with Crippen molar-refractivity contribution in [2.24, 2.45) is 0 Å². The van der Waals surface area contributed by atoms with Crippen LogP contribution in [-0.4, -0.2) is 22.4 Å². The molecule has 5 nitrogen and oxygen atoms in total. The Balaban J connectivity index is 1.69. The van der Waals surface area contributed by atoms with Gasteiger partial charge in [-0.2, -0.15) is 0 Å². The lowest BCUT2D eigenvalue weighted by molar-refractivity contribution is 0.106. The van der Waals surface area contributed by atoms with Gasteiger partial charge in [0.05, 0.1) is 20.8 Å². The Morgan fingerprint density at radius 1 is 1.33 bits per heavy atom. The molecule has 0 radical (unpaired) electrons. The number of halogens is 1. The summed E-state index contributed by atoms with van der Waals surface area (Å²) in [5.74, 6) is 0.629. The van der Waals surface area contributed by atoms with Gasteiger partial charge in [-0.3, -0.25) is 14.6 Å². The molecule has 0 amide bonds. The van der Waals surface area contributed by atoms with Crippen LogP contribution in [0.2, 0.25) is 5.02 Å². The second kappa shape index (κ2) is 7.50. The Kier molecular flexibility index (Phi) is 4.92. The third-order valence-electron chi connectivity index (χ3n) is 4.21. The Morgan fingerprint density at radius 3 is 3.07 bits per heavy atom. The number of nitrogens with one attached hydrogen (secondary N) is 1. The topological polar surface area (TPSA) is 72.0 Å². The number of aryl methyl sites for hydroxylation is 1. The van der Waals surface area contributed by atoms with Crippen molar-refractivity contribution in [3.8, 4) is 5.75 Å². The molecule has 0 saturated carbocycles. The maximum absolute atomic E-state index is 12.4. The number of hydrogen-bond acceptors (Lipinski definition) is 5. The van der Waals surface area contributed by atoms with Crippen LogP contribution in [0.4, 0.5) is 0 Å². The average Bonchev–Trinajstić information content (AvgIpc) is 3.00. The minimum absolute atomic E-state index is 0.228. The van der Waals surface area contributed by atoms with E-state index in [0.29, 0.717) is 14.8 Å². The lowest BCUT2D eigenvalue weighted by Gasteiger charge is -2.17. The molecule has 0 spiro atoms. The van der Waals surface area contributed by atoms with E-state index in [-0.39, 0.29) is 16.4 Å². The van der Waals surface area contributed by atoms with Gasteiger partial charge in [0.1, 0.15) is 5.75 Å². The van der Waals surface area contributed by atoms with E-state index in [1.807, 2.05) is 24.3 Å². The molecule has 27 heavy (non-hydrogen) atoms. The maximum atomic E-state index is 12.4. The van der Waals surface area contributed by atoms with E-state index in [9.17, 15) is 9.59 Å². The number of thiazole rings is 1. The normalized spacial score (nSPS) is 14.7. The molecule has 0 bridgehead atoms. The Labute approximate surface area is 163 Å². The van der Waals surface area contributed by atoms with Gasteiger partial charge in [-0.05, 0) is 48.2 Å². The fourth-order valence-electron chi connectivity index (χ4n) is 2.92. The second-order valence-corrected chi connectivity index (χ2v) is 7.60. The number of rotatable bonds is 3. The van der Waals surface area contributed by atoms with Crippen LogP contribution in [0.5, 0.6) is 5.75 Å². The number of pyridine rings is 1. The van der Waals surface area contributed by atoms with Gasteiger partial charge in [0.25, 0.3) is 5.56 Å². The zero-order valence-electron chi connectivity index (χ0n) is 14.2. The first-order valence-electron chi connectivity index (χ1n) is 8.42. The van der Waals surface area contributed by atoms with Crippen LogP contribution in [0, 0.1) is 0 Å². The van der Waals surface area contributed by atoms with Gasteiger partial charge in [0.15, 0.2) is 5.78 Å². The van der Waals surface area contributed by atoms with Gasteiger partial charge in [-0.1, -0.05) is 17.7 Å². The number of carbonyl (C=O) groups excluding carboxylic acids is 1. The van der Waals surface area contributed by atoms with Crippen molar-refractivity contribution in [3.63, 3.8) is 0 Å². The lowest BCUT2D eigenvalue weighted by atomic mass is 10.0. The first-order chi connectivity index (χ1) is 13.1. The van der Waals surface area contributed by atoms with E-state index in [1.165, 1.54) is 29.8 Å². The molecule has 0 atom stereocenters. The first-order valence-corrected chi connectivity index (χ1v) is 9.62. The summed E-state index contributed by atoms with van der Waals surface area (Å²) in [4.78, 5) is 31.2. The molecule has 0 unspecified atom stereocenters. The number of carbonyl (C=O) groups is 1. The number of benzene rings is 1. The highest BCUT2D eigenvalue weighted by atomic mass is 35.5. The molecule has 0 aliphatic carbocycles. The van der Waals surface area contributed by atoms with Crippen LogP contribution in [0.25, 0.3) is 12.2 Å². The van der Waals surface area contributed by atoms with E-state index >= 15 is 0 Å². The van der Waals surface area contributed by atoms with E-state index < -0.39 is 0 Å². The summed E-state index contributed by atoms with van der Waals surface area (Å²) in [6, 6.07) is 7.45. The van der Waals surface area contributed by atoms with E-state index in [1.54, 1.807) is 6.07 Å². The molecule has 0 fully saturated rings. The van der Waals surface area contributed by atoms with Crippen LogP contribution in [-0.2, 0) is 6.42 Å². The predicted octanol–water partition coefficient (Wildman–Crippen LogP) is 2.30. The number of Topliss-reactive ketones (excluding diaryl/α,β-unsaturated/α-hetero) is 1. The molecule has 3 heterocycles. The second-order valence-electron chi connectivity index (χ2n) is 6.11. The SMILES string of the molecule is O=C(/C=c1\[nH]c(=O)/c(=C/c2ccc3c(c2)CCCO3)s1)c1ccncc1Cl.